The lowest BCUT2D eigenvalue weighted by Gasteiger charge is -2.02. The Balaban J connectivity index is 1.84. The predicted molar refractivity (Wildman–Crippen MR) is 73.5 cm³/mol. The smallest absolute Gasteiger partial charge is 0.255 e. The maximum Gasteiger partial charge on any atom is 0.255 e. The van der Waals surface area contributed by atoms with Gasteiger partial charge in [-0.2, -0.15) is 9.50 Å². The lowest BCUT2D eigenvalue weighted by molar-refractivity contribution is 0.434. The first-order chi connectivity index (χ1) is 9.61. The number of thioether (sulfide) groups is 1. The molecule has 0 aliphatic rings. The van der Waals surface area contributed by atoms with Crippen molar-refractivity contribution in [2.45, 2.75) is 24.8 Å². The molecule has 3 rings (SSSR count). The van der Waals surface area contributed by atoms with Crippen LogP contribution in [-0.2, 0) is 5.75 Å². The van der Waals surface area contributed by atoms with E-state index in [9.17, 15) is 5.11 Å². The van der Waals surface area contributed by atoms with Gasteiger partial charge in [-0.05, 0) is 19.9 Å². The normalized spacial score (nSPS) is 11.1. The van der Waals surface area contributed by atoms with Crippen molar-refractivity contribution < 1.29 is 5.11 Å². The van der Waals surface area contributed by atoms with E-state index in [1.807, 2.05) is 13.0 Å². The van der Waals surface area contributed by atoms with Gasteiger partial charge in [-0.1, -0.05) is 11.8 Å². The van der Waals surface area contributed by atoms with Crippen LogP contribution >= 0.6 is 11.8 Å². The van der Waals surface area contributed by atoms with Crippen LogP contribution in [0, 0.1) is 13.8 Å². The van der Waals surface area contributed by atoms with Gasteiger partial charge in [-0.3, -0.25) is 0 Å². The van der Waals surface area contributed by atoms with Crippen LogP contribution in [0.1, 0.15) is 17.2 Å². The highest BCUT2D eigenvalue weighted by Crippen LogP contribution is 2.20. The number of aryl methyl sites for hydroxylation is 2. The molecule has 0 bridgehead atoms. The van der Waals surface area contributed by atoms with Gasteiger partial charge in [0, 0.05) is 23.7 Å². The minimum Gasteiger partial charge on any atom is -0.493 e. The number of hydrogen-bond acceptors (Lipinski definition) is 7. The summed E-state index contributed by atoms with van der Waals surface area (Å²) in [6.45, 7) is 3.67. The molecule has 0 atom stereocenters. The maximum atomic E-state index is 9.89. The summed E-state index contributed by atoms with van der Waals surface area (Å²) >= 11 is 1.46. The summed E-state index contributed by atoms with van der Waals surface area (Å²) in [5, 5.41) is 14.6. The van der Waals surface area contributed by atoms with E-state index < -0.39 is 0 Å². The van der Waals surface area contributed by atoms with Gasteiger partial charge < -0.3 is 5.11 Å². The molecule has 8 heteroatoms. The van der Waals surface area contributed by atoms with Crippen molar-refractivity contribution in [3.8, 4) is 5.88 Å². The van der Waals surface area contributed by atoms with E-state index in [0.717, 1.165) is 5.69 Å². The average molecular weight is 288 g/mol. The highest BCUT2D eigenvalue weighted by atomic mass is 32.2. The van der Waals surface area contributed by atoms with Crippen molar-refractivity contribution in [3.05, 3.63) is 35.5 Å². The van der Waals surface area contributed by atoms with E-state index >= 15 is 0 Å². The van der Waals surface area contributed by atoms with Crippen LogP contribution in [0.3, 0.4) is 0 Å². The molecule has 0 unspecified atom stereocenters. The van der Waals surface area contributed by atoms with Crippen LogP contribution < -0.4 is 0 Å². The van der Waals surface area contributed by atoms with E-state index in [-0.39, 0.29) is 5.88 Å². The lowest BCUT2D eigenvalue weighted by atomic mass is 10.4. The van der Waals surface area contributed by atoms with Crippen LogP contribution in [0.5, 0.6) is 5.88 Å². The van der Waals surface area contributed by atoms with Crippen molar-refractivity contribution in [1.82, 2.24) is 29.5 Å². The molecule has 0 spiro atoms. The molecular formula is C12H12N6OS. The topological polar surface area (TPSA) is 89.1 Å². The second-order valence-electron chi connectivity index (χ2n) is 4.25. The SMILES string of the molecule is Cc1ccnc(SCc2cc(O)n3nc(C)nc3n2)n1. The van der Waals surface area contributed by atoms with Crippen LogP contribution in [0.4, 0.5) is 0 Å². The minimum absolute atomic E-state index is 0.0244. The second-order valence-corrected chi connectivity index (χ2v) is 5.19. The Bertz CT molecular complexity index is 772. The molecule has 3 aromatic rings. The van der Waals surface area contributed by atoms with Crippen LogP contribution in [-0.4, -0.2) is 34.7 Å². The van der Waals surface area contributed by atoms with E-state index in [1.165, 1.54) is 16.3 Å². The third-order valence-corrected chi connectivity index (χ3v) is 3.47. The van der Waals surface area contributed by atoms with Crippen molar-refractivity contribution in [2.75, 3.05) is 0 Å². The number of fused-ring (bicyclic) bond motifs is 1. The first-order valence-corrected chi connectivity index (χ1v) is 6.95. The fourth-order valence-electron chi connectivity index (χ4n) is 1.71. The zero-order chi connectivity index (χ0) is 14.1. The van der Waals surface area contributed by atoms with Gasteiger partial charge >= 0.3 is 0 Å². The summed E-state index contributed by atoms with van der Waals surface area (Å²) in [6, 6.07) is 3.42. The minimum atomic E-state index is 0.0244. The van der Waals surface area contributed by atoms with Gasteiger partial charge in [0.1, 0.15) is 5.82 Å². The summed E-state index contributed by atoms with van der Waals surface area (Å²) in [5.41, 5.74) is 1.62. The molecule has 0 aliphatic carbocycles. The third kappa shape index (κ3) is 2.55. The average Bonchev–Trinajstić information content (AvgIpc) is 2.78. The zero-order valence-electron chi connectivity index (χ0n) is 11.0. The van der Waals surface area contributed by atoms with Gasteiger partial charge in [0.2, 0.25) is 5.88 Å². The number of aromatic hydroxyl groups is 1. The standard InChI is InChI=1S/C12H12N6OS/c1-7-3-4-13-12(14-7)20-6-9-5-10(19)18-11(16-9)15-8(2)17-18/h3-5,19H,6H2,1-2H3. The summed E-state index contributed by atoms with van der Waals surface area (Å²) in [7, 11) is 0. The van der Waals surface area contributed by atoms with Crippen LogP contribution in [0.2, 0.25) is 0 Å². The molecule has 7 nitrogen and oxygen atoms in total. The second kappa shape index (κ2) is 5.04. The largest absolute Gasteiger partial charge is 0.493 e. The fraction of sp³-hybridized carbons (Fsp3) is 0.250. The first-order valence-electron chi connectivity index (χ1n) is 5.96. The summed E-state index contributed by atoms with van der Waals surface area (Å²) < 4.78 is 1.31. The maximum absolute atomic E-state index is 9.89. The molecule has 0 saturated carbocycles. The quantitative estimate of drug-likeness (QED) is 0.577. The number of aromatic nitrogens is 6. The van der Waals surface area contributed by atoms with Gasteiger partial charge in [0.05, 0.1) is 5.69 Å². The lowest BCUT2D eigenvalue weighted by Crippen LogP contribution is -1.97. The third-order valence-electron chi connectivity index (χ3n) is 2.57. The molecule has 0 saturated heterocycles. The Hall–Kier alpha value is -2.22. The molecular weight excluding hydrogens is 276 g/mol. The molecule has 0 radical (unpaired) electrons. The van der Waals surface area contributed by atoms with E-state index in [2.05, 4.69) is 25.0 Å². The molecule has 102 valence electrons. The monoisotopic (exact) mass is 288 g/mol. The van der Waals surface area contributed by atoms with Crippen LogP contribution in [0.15, 0.2) is 23.5 Å². The van der Waals surface area contributed by atoms with Crippen molar-refractivity contribution in [3.63, 3.8) is 0 Å². The first kappa shape index (κ1) is 12.8. The molecule has 0 amide bonds. The number of rotatable bonds is 3. The Morgan fingerprint density at radius 2 is 2.10 bits per heavy atom. The van der Waals surface area contributed by atoms with E-state index in [1.54, 1.807) is 19.2 Å². The predicted octanol–water partition coefficient (Wildman–Crippen LogP) is 1.53. The van der Waals surface area contributed by atoms with Crippen molar-refractivity contribution >= 4 is 17.5 Å². The Labute approximate surface area is 119 Å². The Morgan fingerprint density at radius 3 is 2.90 bits per heavy atom. The highest BCUT2D eigenvalue weighted by molar-refractivity contribution is 7.98. The highest BCUT2D eigenvalue weighted by Gasteiger charge is 2.09. The van der Waals surface area contributed by atoms with Crippen molar-refractivity contribution in [1.29, 1.82) is 0 Å². The van der Waals surface area contributed by atoms with Gasteiger partial charge in [-0.15, -0.1) is 5.10 Å². The summed E-state index contributed by atoms with van der Waals surface area (Å²) in [4.78, 5) is 17.0. The fourth-order valence-corrected chi connectivity index (χ4v) is 2.48. The molecule has 0 aromatic carbocycles. The van der Waals surface area contributed by atoms with Crippen LogP contribution in [0.25, 0.3) is 5.78 Å². The van der Waals surface area contributed by atoms with E-state index in [0.29, 0.717) is 28.2 Å². The van der Waals surface area contributed by atoms with Gasteiger partial charge in [-0.25, -0.2) is 15.0 Å². The molecule has 3 aromatic heterocycles. The Morgan fingerprint density at radius 1 is 1.25 bits per heavy atom. The van der Waals surface area contributed by atoms with Gasteiger partial charge in [0.25, 0.3) is 5.78 Å². The Kier molecular flexibility index (Phi) is 3.23. The van der Waals surface area contributed by atoms with Crippen molar-refractivity contribution in [2.24, 2.45) is 0 Å². The summed E-state index contributed by atoms with van der Waals surface area (Å²) in [6.07, 6.45) is 1.72. The van der Waals surface area contributed by atoms with Gasteiger partial charge in [0.15, 0.2) is 5.16 Å². The molecule has 20 heavy (non-hydrogen) atoms. The molecule has 0 fully saturated rings. The number of hydrogen-bond donors (Lipinski definition) is 1. The summed E-state index contributed by atoms with van der Waals surface area (Å²) in [5.74, 6) is 1.54. The molecule has 1 N–H and O–H groups in total. The zero-order valence-corrected chi connectivity index (χ0v) is 11.8. The molecule has 0 aliphatic heterocycles. The van der Waals surface area contributed by atoms with E-state index in [4.69, 9.17) is 0 Å². The molecule has 3 heterocycles. The number of nitrogens with zero attached hydrogens (tertiary/aromatic N) is 6.